The highest BCUT2D eigenvalue weighted by molar-refractivity contribution is 7.89. The Balaban J connectivity index is 1.77. The molecule has 1 heterocycles. The van der Waals surface area contributed by atoms with Gasteiger partial charge in [-0.25, -0.2) is 16.8 Å². The number of aryl methyl sites for hydroxylation is 2. The summed E-state index contributed by atoms with van der Waals surface area (Å²) in [5, 5.41) is 0. The van der Waals surface area contributed by atoms with Crippen LogP contribution in [0.25, 0.3) is 0 Å². The SMILES string of the molecule is Cc1ccc(S(=O)(=O)N2C/C=C\CN(S(=O)(=O)c3ccc(C)cc3)CCC2)cc1. The van der Waals surface area contributed by atoms with Gasteiger partial charge in [0.25, 0.3) is 0 Å². The highest BCUT2D eigenvalue weighted by Crippen LogP contribution is 2.20. The molecule has 2 aromatic rings. The second kappa shape index (κ2) is 8.79. The van der Waals surface area contributed by atoms with E-state index in [9.17, 15) is 16.8 Å². The molecular weight excluding hydrogens is 408 g/mol. The number of hydrogen-bond donors (Lipinski definition) is 0. The molecule has 29 heavy (non-hydrogen) atoms. The van der Waals surface area contributed by atoms with Crippen LogP contribution >= 0.6 is 0 Å². The Kier molecular flexibility index (Phi) is 6.58. The maximum absolute atomic E-state index is 13.0. The van der Waals surface area contributed by atoms with E-state index in [-0.39, 0.29) is 36.0 Å². The van der Waals surface area contributed by atoms with Crippen LogP contribution in [0, 0.1) is 13.8 Å². The van der Waals surface area contributed by atoms with Gasteiger partial charge in [-0.2, -0.15) is 8.61 Å². The normalized spacial score (nSPS) is 18.6. The smallest absolute Gasteiger partial charge is 0.207 e. The van der Waals surface area contributed by atoms with E-state index in [0.717, 1.165) is 11.1 Å². The van der Waals surface area contributed by atoms with Gasteiger partial charge in [-0.05, 0) is 44.5 Å². The summed E-state index contributed by atoms with van der Waals surface area (Å²) in [6.07, 6.45) is 3.85. The predicted octanol–water partition coefficient (Wildman–Crippen LogP) is 2.94. The van der Waals surface area contributed by atoms with E-state index in [0.29, 0.717) is 6.42 Å². The molecule has 0 aliphatic carbocycles. The van der Waals surface area contributed by atoms with Crippen molar-refractivity contribution in [3.05, 3.63) is 71.8 Å². The second-order valence-electron chi connectivity index (χ2n) is 7.18. The number of rotatable bonds is 4. The van der Waals surface area contributed by atoms with Crippen LogP contribution in [0.5, 0.6) is 0 Å². The van der Waals surface area contributed by atoms with Crippen LogP contribution < -0.4 is 0 Å². The first-order chi connectivity index (χ1) is 13.7. The predicted molar refractivity (Wildman–Crippen MR) is 114 cm³/mol. The molecule has 6 nitrogen and oxygen atoms in total. The third kappa shape index (κ3) is 4.95. The summed E-state index contributed by atoms with van der Waals surface area (Å²) < 4.78 is 54.7. The van der Waals surface area contributed by atoms with E-state index >= 15 is 0 Å². The first-order valence-electron chi connectivity index (χ1n) is 9.50. The number of benzene rings is 2. The molecule has 0 amide bonds. The lowest BCUT2D eigenvalue weighted by Crippen LogP contribution is -2.35. The summed E-state index contributed by atoms with van der Waals surface area (Å²) >= 11 is 0. The second-order valence-corrected chi connectivity index (χ2v) is 11.1. The van der Waals surface area contributed by atoms with Gasteiger partial charge in [0.2, 0.25) is 20.0 Å². The summed E-state index contributed by atoms with van der Waals surface area (Å²) in [4.78, 5) is 0.500. The summed E-state index contributed by atoms with van der Waals surface area (Å²) in [6, 6.07) is 13.5. The van der Waals surface area contributed by atoms with Gasteiger partial charge in [-0.1, -0.05) is 47.5 Å². The third-order valence-electron chi connectivity index (χ3n) is 4.92. The van der Waals surface area contributed by atoms with Crippen LogP contribution in [-0.4, -0.2) is 51.6 Å². The van der Waals surface area contributed by atoms with E-state index in [1.54, 1.807) is 60.7 Å². The first kappa shape index (κ1) is 21.7. The Morgan fingerprint density at radius 3 is 1.31 bits per heavy atom. The molecular formula is C21H26N2O4S2. The van der Waals surface area contributed by atoms with Crippen molar-refractivity contribution < 1.29 is 16.8 Å². The van der Waals surface area contributed by atoms with Crippen LogP contribution in [0.3, 0.4) is 0 Å². The summed E-state index contributed by atoms with van der Waals surface area (Å²) in [7, 11) is -7.26. The number of hydrogen-bond acceptors (Lipinski definition) is 4. The van der Waals surface area contributed by atoms with Crippen molar-refractivity contribution in [2.45, 2.75) is 30.1 Å². The van der Waals surface area contributed by atoms with Crippen molar-refractivity contribution in [3.8, 4) is 0 Å². The zero-order valence-corrected chi connectivity index (χ0v) is 18.3. The van der Waals surface area contributed by atoms with E-state index in [4.69, 9.17) is 0 Å². The van der Waals surface area contributed by atoms with Gasteiger partial charge >= 0.3 is 0 Å². The zero-order chi connectivity index (χ0) is 21.1. The lowest BCUT2D eigenvalue weighted by molar-refractivity contribution is 0.394. The van der Waals surface area contributed by atoms with Crippen LogP contribution in [-0.2, 0) is 20.0 Å². The van der Waals surface area contributed by atoms with Crippen molar-refractivity contribution in [2.75, 3.05) is 26.2 Å². The minimum Gasteiger partial charge on any atom is -0.207 e. The van der Waals surface area contributed by atoms with E-state index < -0.39 is 20.0 Å². The standard InChI is InChI=1S/C21H26N2O4S2/c1-18-6-10-20(11-7-18)28(24,25)22-14-3-4-15-23(17-5-16-22)29(26,27)21-12-8-19(2)9-13-21/h3-4,6-13H,5,14-17H2,1-2H3/b4-3-. The average molecular weight is 435 g/mol. The lowest BCUT2D eigenvalue weighted by atomic mass is 10.2. The molecule has 156 valence electrons. The maximum Gasteiger partial charge on any atom is 0.243 e. The molecule has 2 aromatic carbocycles. The molecule has 1 aliphatic heterocycles. The quantitative estimate of drug-likeness (QED) is 0.694. The Morgan fingerprint density at radius 2 is 0.966 bits per heavy atom. The molecule has 0 atom stereocenters. The van der Waals surface area contributed by atoms with Gasteiger partial charge in [0.05, 0.1) is 9.79 Å². The Hall–Kier alpha value is -2.00. The van der Waals surface area contributed by atoms with Crippen LogP contribution in [0.2, 0.25) is 0 Å². The largest absolute Gasteiger partial charge is 0.243 e. The summed E-state index contributed by atoms with van der Waals surface area (Å²) in [5.41, 5.74) is 1.98. The molecule has 8 heteroatoms. The summed E-state index contributed by atoms with van der Waals surface area (Å²) in [5.74, 6) is 0. The molecule has 1 aliphatic rings. The molecule has 0 saturated carbocycles. The van der Waals surface area contributed by atoms with Crippen LogP contribution in [0.15, 0.2) is 70.5 Å². The third-order valence-corrected chi connectivity index (χ3v) is 8.68. The van der Waals surface area contributed by atoms with Crippen LogP contribution in [0.4, 0.5) is 0 Å². The van der Waals surface area contributed by atoms with Gasteiger partial charge in [-0.3, -0.25) is 0 Å². The maximum atomic E-state index is 13.0. The average Bonchev–Trinajstić information content (AvgIpc) is 2.81. The molecule has 0 spiro atoms. The Morgan fingerprint density at radius 1 is 0.621 bits per heavy atom. The molecule has 0 N–H and O–H groups in total. The minimum atomic E-state index is -3.63. The molecule has 0 radical (unpaired) electrons. The highest BCUT2D eigenvalue weighted by Gasteiger charge is 2.27. The van der Waals surface area contributed by atoms with E-state index in [1.807, 2.05) is 13.8 Å². The van der Waals surface area contributed by atoms with E-state index in [1.165, 1.54) is 8.61 Å². The fourth-order valence-corrected chi connectivity index (χ4v) is 6.01. The number of nitrogens with zero attached hydrogens (tertiary/aromatic N) is 2. The molecule has 0 unspecified atom stereocenters. The van der Waals surface area contributed by atoms with E-state index in [2.05, 4.69) is 0 Å². The van der Waals surface area contributed by atoms with Gasteiger partial charge in [0.15, 0.2) is 0 Å². The van der Waals surface area contributed by atoms with Gasteiger partial charge in [-0.15, -0.1) is 0 Å². The molecule has 3 rings (SSSR count). The van der Waals surface area contributed by atoms with Crippen LogP contribution in [0.1, 0.15) is 17.5 Å². The van der Waals surface area contributed by atoms with Crippen molar-refractivity contribution >= 4 is 20.0 Å². The molecule has 0 saturated heterocycles. The molecule has 0 bridgehead atoms. The monoisotopic (exact) mass is 434 g/mol. The van der Waals surface area contributed by atoms with Gasteiger partial charge in [0.1, 0.15) is 0 Å². The van der Waals surface area contributed by atoms with Crippen molar-refractivity contribution in [1.29, 1.82) is 0 Å². The number of sulfonamides is 2. The fourth-order valence-electron chi connectivity index (χ4n) is 3.15. The highest BCUT2D eigenvalue weighted by atomic mass is 32.2. The summed E-state index contributed by atoms with van der Waals surface area (Å²) in [6.45, 7) is 4.75. The minimum absolute atomic E-state index is 0.217. The fraction of sp³-hybridized carbons (Fsp3) is 0.333. The topological polar surface area (TPSA) is 74.8 Å². The lowest BCUT2D eigenvalue weighted by Gasteiger charge is -2.22. The molecule has 0 aromatic heterocycles. The van der Waals surface area contributed by atoms with Crippen molar-refractivity contribution in [1.82, 2.24) is 8.61 Å². The Labute approximate surface area is 173 Å². The van der Waals surface area contributed by atoms with Gasteiger partial charge < -0.3 is 0 Å². The van der Waals surface area contributed by atoms with Crippen molar-refractivity contribution in [2.24, 2.45) is 0 Å². The zero-order valence-electron chi connectivity index (χ0n) is 16.7. The van der Waals surface area contributed by atoms with Crippen molar-refractivity contribution in [3.63, 3.8) is 0 Å². The first-order valence-corrected chi connectivity index (χ1v) is 12.4. The van der Waals surface area contributed by atoms with Gasteiger partial charge in [0, 0.05) is 26.2 Å². The Bertz CT molecular complexity index is 987. The molecule has 0 fully saturated rings.